The van der Waals surface area contributed by atoms with Crippen molar-refractivity contribution in [3.8, 4) is 0 Å². The van der Waals surface area contributed by atoms with Gasteiger partial charge in [-0.3, -0.25) is 5.10 Å². The fraction of sp³-hybridized carbons (Fsp3) is 0.500. The molecule has 0 saturated heterocycles. The molecule has 1 fully saturated rings. The van der Waals surface area contributed by atoms with Crippen LogP contribution in [0, 0.1) is 0 Å². The van der Waals surface area contributed by atoms with E-state index >= 15 is 0 Å². The average Bonchev–Trinajstić information content (AvgIpc) is 3.27. The number of aromatic nitrogens is 6. The number of aromatic amines is 1. The van der Waals surface area contributed by atoms with Gasteiger partial charge in [0.05, 0.1) is 5.69 Å². The van der Waals surface area contributed by atoms with Gasteiger partial charge in [-0.25, -0.2) is 4.98 Å². The second-order valence-electron chi connectivity index (χ2n) is 6.51. The van der Waals surface area contributed by atoms with Gasteiger partial charge in [-0.15, -0.1) is 0 Å². The summed E-state index contributed by atoms with van der Waals surface area (Å²) >= 11 is 0. The Hall–Kier alpha value is -2.44. The maximum absolute atomic E-state index is 4.53. The topological polar surface area (TPSA) is 83.8 Å². The van der Waals surface area contributed by atoms with E-state index in [-0.39, 0.29) is 0 Å². The Morgan fingerprint density at radius 1 is 1.26 bits per heavy atom. The molecule has 1 aliphatic rings. The summed E-state index contributed by atoms with van der Waals surface area (Å²) in [6, 6.07) is 4.12. The SMILES string of the molecule is CC(C)c1cc(Nc2cc(C3CCCC3)[nH]n2)n2ncnc2n1. The van der Waals surface area contributed by atoms with Gasteiger partial charge < -0.3 is 5.32 Å². The molecular weight excluding hydrogens is 290 g/mol. The van der Waals surface area contributed by atoms with Crippen molar-refractivity contribution in [1.82, 2.24) is 29.8 Å². The lowest BCUT2D eigenvalue weighted by molar-refractivity contribution is 0.693. The minimum absolute atomic E-state index is 0.325. The van der Waals surface area contributed by atoms with Crippen molar-refractivity contribution >= 4 is 17.4 Å². The molecule has 3 heterocycles. The van der Waals surface area contributed by atoms with E-state index in [0.717, 1.165) is 17.3 Å². The second-order valence-corrected chi connectivity index (χ2v) is 6.51. The molecule has 7 nitrogen and oxygen atoms in total. The molecule has 0 aromatic carbocycles. The number of hydrogen-bond donors (Lipinski definition) is 2. The number of anilines is 2. The van der Waals surface area contributed by atoms with Crippen LogP contribution < -0.4 is 5.32 Å². The van der Waals surface area contributed by atoms with Gasteiger partial charge in [-0.2, -0.15) is 19.7 Å². The van der Waals surface area contributed by atoms with E-state index in [1.54, 1.807) is 4.52 Å². The Kier molecular flexibility index (Phi) is 3.48. The number of nitrogens with zero attached hydrogens (tertiary/aromatic N) is 5. The van der Waals surface area contributed by atoms with Gasteiger partial charge in [-0.1, -0.05) is 26.7 Å². The van der Waals surface area contributed by atoms with Crippen LogP contribution in [0.5, 0.6) is 0 Å². The van der Waals surface area contributed by atoms with E-state index in [1.807, 2.05) is 6.07 Å². The first kappa shape index (κ1) is 14.2. The summed E-state index contributed by atoms with van der Waals surface area (Å²) in [7, 11) is 0. The Labute approximate surface area is 134 Å². The van der Waals surface area contributed by atoms with Crippen LogP contribution in [-0.4, -0.2) is 29.8 Å². The van der Waals surface area contributed by atoms with E-state index in [1.165, 1.54) is 37.7 Å². The van der Waals surface area contributed by atoms with Crippen LogP contribution in [0.25, 0.3) is 5.78 Å². The van der Waals surface area contributed by atoms with Gasteiger partial charge >= 0.3 is 0 Å². The van der Waals surface area contributed by atoms with E-state index in [2.05, 4.69) is 50.5 Å². The summed E-state index contributed by atoms with van der Waals surface area (Å²) < 4.78 is 1.70. The van der Waals surface area contributed by atoms with Gasteiger partial charge in [0.25, 0.3) is 5.78 Å². The fourth-order valence-electron chi connectivity index (χ4n) is 3.19. The van der Waals surface area contributed by atoms with Crippen molar-refractivity contribution in [3.63, 3.8) is 0 Å². The van der Waals surface area contributed by atoms with Crippen LogP contribution in [0.15, 0.2) is 18.5 Å². The monoisotopic (exact) mass is 311 g/mol. The fourth-order valence-corrected chi connectivity index (χ4v) is 3.19. The Morgan fingerprint density at radius 2 is 2.09 bits per heavy atom. The molecule has 0 bridgehead atoms. The standard InChI is InChI=1S/C16H21N7/c1-10(2)12-8-15(23-16(19-12)17-9-18-23)20-14-7-13(21-22-14)11-5-3-4-6-11/h7-11H,3-6H2,1-2H3,(H2,20,21,22). The van der Waals surface area contributed by atoms with Crippen molar-refractivity contribution in [2.75, 3.05) is 5.32 Å². The second kappa shape index (κ2) is 5.64. The highest BCUT2D eigenvalue weighted by Crippen LogP contribution is 2.34. The zero-order valence-electron chi connectivity index (χ0n) is 13.5. The summed E-state index contributed by atoms with van der Waals surface area (Å²) in [5, 5.41) is 15.2. The minimum Gasteiger partial charge on any atom is -0.323 e. The molecule has 0 unspecified atom stereocenters. The maximum Gasteiger partial charge on any atom is 0.254 e. The highest BCUT2D eigenvalue weighted by molar-refractivity contribution is 5.56. The van der Waals surface area contributed by atoms with E-state index in [4.69, 9.17) is 0 Å². The van der Waals surface area contributed by atoms with Gasteiger partial charge in [-0.05, 0) is 18.8 Å². The Bertz CT molecular complexity index is 811. The zero-order chi connectivity index (χ0) is 15.8. The predicted octanol–water partition coefficient (Wildman–Crippen LogP) is 3.37. The highest BCUT2D eigenvalue weighted by atomic mass is 15.4. The lowest BCUT2D eigenvalue weighted by atomic mass is 10.0. The molecule has 1 aliphatic carbocycles. The molecule has 0 atom stereocenters. The first-order valence-corrected chi connectivity index (χ1v) is 8.23. The number of rotatable bonds is 4. The number of fused-ring (bicyclic) bond motifs is 1. The van der Waals surface area contributed by atoms with Gasteiger partial charge in [0.15, 0.2) is 5.82 Å². The van der Waals surface area contributed by atoms with Gasteiger partial charge in [0.1, 0.15) is 12.1 Å². The van der Waals surface area contributed by atoms with Gasteiger partial charge in [0.2, 0.25) is 0 Å². The van der Waals surface area contributed by atoms with Crippen LogP contribution in [0.1, 0.15) is 62.8 Å². The largest absolute Gasteiger partial charge is 0.323 e. The zero-order valence-corrected chi connectivity index (χ0v) is 13.5. The molecular formula is C16H21N7. The molecule has 0 radical (unpaired) electrons. The van der Waals surface area contributed by atoms with Crippen LogP contribution in [0.3, 0.4) is 0 Å². The van der Waals surface area contributed by atoms with Crippen molar-refractivity contribution in [1.29, 1.82) is 0 Å². The molecule has 1 saturated carbocycles. The third kappa shape index (κ3) is 2.67. The minimum atomic E-state index is 0.325. The van der Waals surface area contributed by atoms with Crippen molar-refractivity contribution in [2.45, 2.75) is 51.4 Å². The highest BCUT2D eigenvalue weighted by Gasteiger charge is 2.19. The smallest absolute Gasteiger partial charge is 0.254 e. The number of nitrogens with one attached hydrogen (secondary N) is 2. The van der Waals surface area contributed by atoms with E-state index in [9.17, 15) is 0 Å². The summed E-state index contributed by atoms with van der Waals surface area (Å²) in [6.07, 6.45) is 6.65. The first-order valence-electron chi connectivity index (χ1n) is 8.23. The number of H-pyrrole nitrogens is 1. The Balaban J connectivity index is 1.65. The lowest BCUT2D eigenvalue weighted by Gasteiger charge is -2.09. The van der Waals surface area contributed by atoms with Gasteiger partial charge in [0, 0.05) is 23.7 Å². The Morgan fingerprint density at radius 3 is 2.87 bits per heavy atom. The van der Waals surface area contributed by atoms with E-state index in [0.29, 0.717) is 17.6 Å². The molecule has 0 spiro atoms. The molecule has 7 heteroatoms. The van der Waals surface area contributed by atoms with Crippen LogP contribution >= 0.6 is 0 Å². The molecule has 0 aliphatic heterocycles. The van der Waals surface area contributed by atoms with Crippen molar-refractivity contribution in [3.05, 3.63) is 29.8 Å². The molecule has 3 aromatic heterocycles. The molecule has 120 valence electrons. The summed E-state index contributed by atoms with van der Waals surface area (Å²) in [5.41, 5.74) is 2.21. The molecule has 4 rings (SSSR count). The molecule has 0 amide bonds. The van der Waals surface area contributed by atoms with Crippen molar-refractivity contribution < 1.29 is 0 Å². The molecule has 3 aromatic rings. The third-order valence-corrected chi connectivity index (χ3v) is 4.51. The maximum atomic E-state index is 4.53. The third-order valence-electron chi connectivity index (χ3n) is 4.51. The first-order chi connectivity index (χ1) is 11.2. The van der Waals surface area contributed by atoms with E-state index < -0.39 is 0 Å². The van der Waals surface area contributed by atoms with Crippen LogP contribution in [0.4, 0.5) is 11.6 Å². The summed E-state index contributed by atoms with van der Waals surface area (Å²) in [4.78, 5) is 8.73. The lowest BCUT2D eigenvalue weighted by Crippen LogP contribution is -2.05. The van der Waals surface area contributed by atoms with Crippen LogP contribution in [0.2, 0.25) is 0 Å². The summed E-state index contributed by atoms with van der Waals surface area (Å²) in [5.74, 6) is 3.19. The number of hydrogen-bond acceptors (Lipinski definition) is 5. The summed E-state index contributed by atoms with van der Waals surface area (Å²) in [6.45, 7) is 4.23. The normalized spacial score (nSPS) is 15.8. The average molecular weight is 311 g/mol. The molecule has 2 N–H and O–H groups in total. The predicted molar refractivity (Wildman–Crippen MR) is 88.0 cm³/mol. The molecule has 23 heavy (non-hydrogen) atoms. The van der Waals surface area contributed by atoms with Crippen LogP contribution in [-0.2, 0) is 0 Å². The van der Waals surface area contributed by atoms with Crippen molar-refractivity contribution in [2.24, 2.45) is 0 Å². The quantitative estimate of drug-likeness (QED) is 0.771.